The molecule has 1 saturated heterocycles. The molecule has 2 saturated carbocycles. The minimum atomic E-state index is -3.60. The van der Waals surface area contributed by atoms with E-state index in [1.165, 1.54) is 23.6 Å². The summed E-state index contributed by atoms with van der Waals surface area (Å²) in [4.78, 5) is 12.8. The average molecular weight is 445 g/mol. The van der Waals surface area contributed by atoms with Crippen molar-refractivity contribution < 1.29 is 13.2 Å². The number of hydrogen-bond donors (Lipinski definition) is 1. The average Bonchev–Trinajstić information content (AvgIpc) is 3.28. The normalized spacial score (nSPS) is 30.5. The summed E-state index contributed by atoms with van der Waals surface area (Å²) in [6.45, 7) is 0.666. The van der Waals surface area contributed by atoms with Crippen LogP contribution in [0.2, 0.25) is 10.0 Å². The Hall–Kier alpha value is -0.820. The molecule has 0 spiro atoms. The number of hydrogen-bond acceptors (Lipinski definition) is 3. The largest absolute Gasteiger partial charge is 0.353 e. The summed E-state index contributed by atoms with van der Waals surface area (Å²) < 4.78 is 27.3. The summed E-state index contributed by atoms with van der Waals surface area (Å²) in [6, 6.07) is 5.25. The van der Waals surface area contributed by atoms with Crippen molar-refractivity contribution in [1.82, 2.24) is 9.62 Å². The number of amides is 1. The number of carbonyl (C=O) groups excluding carboxylic acids is 1. The first kappa shape index (κ1) is 20.5. The van der Waals surface area contributed by atoms with E-state index in [0.717, 1.165) is 18.8 Å². The zero-order chi connectivity index (χ0) is 19.9. The molecule has 2 bridgehead atoms. The Morgan fingerprint density at radius 2 is 1.89 bits per heavy atom. The lowest BCUT2D eigenvalue weighted by Crippen LogP contribution is -2.48. The molecule has 1 aromatic carbocycles. The quantitative estimate of drug-likeness (QED) is 0.749. The SMILES string of the molecule is O=C(N[C@H]1C[C@@H]2CC[C@@H]1C2)[C@@H]1CCCN(S(=O)(=O)Cc2c(Cl)cccc2Cl)C1. The van der Waals surface area contributed by atoms with Gasteiger partial charge < -0.3 is 5.32 Å². The number of halogens is 2. The Morgan fingerprint density at radius 1 is 1.14 bits per heavy atom. The predicted molar refractivity (Wildman–Crippen MR) is 111 cm³/mol. The molecule has 3 aliphatic rings. The molecule has 5 nitrogen and oxygen atoms in total. The zero-order valence-corrected chi connectivity index (χ0v) is 18.1. The predicted octanol–water partition coefficient (Wildman–Crippen LogP) is 3.84. The third-order valence-corrected chi connectivity index (χ3v) is 9.08. The number of fused-ring (bicyclic) bond motifs is 2. The molecule has 0 unspecified atom stereocenters. The Morgan fingerprint density at radius 3 is 2.54 bits per heavy atom. The molecule has 8 heteroatoms. The van der Waals surface area contributed by atoms with E-state index in [1.807, 2.05) is 0 Å². The van der Waals surface area contributed by atoms with Crippen molar-refractivity contribution >= 4 is 39.1 Å². The van der Waals surface area contributed by atoms with Gasteiger partial charge in [-0.25, -0.2) is 12.7 Å². The van der Waals surface area contributed by atoms with E-state index in [2.05, 4.69) is 5.32 Å². The smallest absolute Gasteiger partial charge is 0.224 e. The van der Waals surface area contributed by atoms with Crippen molar-refractivity contribution in [3.63, 3.8) is 0 Å². The van der Waals surface area contributed by atoms with E-state index in [0.29, 0.717) is 34.5 Å². The second-order valence-electron chi connectivity index (χ2n) is 8.44. The van der Waals surface area contributed by atoms with Gasteiger partial charge in [0.2, 0.25) is 15.9 Å². The maximum atomic E-state index is 13.0. The second-order valence-corrected chi connectivity index (χ2v) is 11.2. The lowest BCUT2D eigenvalue weighted by molar-refractivity contribution is -0.127. The first-order chi connectivity index (χ1) is 13.3. The van der Waals surface area contributed by atoms with Crippen molar-refractivity contribution in [1.29, 1.82) is 0 Å². The zero-order valence-electron chi connectivity index (χ0n) is 15.7. The van der Waals surface area contributed by atoms with Gasteiger partial charge in [-0.05, 0) is 56.1 Å². The Labute approximate surface area is 176 Å². The molecule has 1 aromatic rings. The molecular formula is C20H26Cl2N2O3S. The van der Waals surface area contributed by atoms with Crippen molar-refractivity contribution in [3.05, 3.63) is 33.8 Å². The number of carbonyl (C=O) groups is 1. The maximum Gasteiger partial charge on any atom is 0.224 e. The lowest BCUT2D eigenvalue weighted by atomic mass is 9.93. The molecule has 0 aromatic heterocycles. The molecule has 3 fully saturated rings. The molecule has 1 heterocycles. The fourth-order valence-corrected chi connectivity index (χ4v) is 7.44. The van der Waals surface area contributed by atoms with Crippen LogP contribution >= 0.6 is 23.2 Å². The van der Waals surface area contributed by atoms with Crippen LogP contribution in [-0.2, 0) is 20.6 Å². The van der Waals surface area contributed by atoms with E-state index < -0.39 is 10.0 Å². The first-order valence-corrected chi connectivity index (χ1v) is 12.4. The molecule has 0 radical (unpaired) electrons. The van der Waals surface area contributed by atoms with Crippen molar-refractivity contribution in [3.8, 4) is 0 Å². The van der Waals surface area contributed by atoms with E-state index in [-0.39, 0.29) is 30.2 Å². The Bertz CT molecular complexity index is 841. The van der Waals surface area contributed by atoms with Gasteiger partial charge in [-0.2, -0.15) is 0 Å². The van der Waals surface area contributed by atoms with Crippen molar-refractivity contribution in [2.24, 2.45) is 17.8 Å². The third-order valence-electron chi connectivity index (χ3n) is 6.60. The van der Waals surface area contributed by atoms with Crippen LogP contribution in [0.15, 0.2) is 18.2 Å². The molecule has 1 amide bonds. The molecule has 4 atom stereocenters. The summed E-state index contributed by atoms with van der Waals surface area (Å²) in [6.07, 6.45) is 6.22. The second kappa shape index (κ2) is 8.13. The van der Waals surface area contributed by atoms with Crippen molar-refractivity contribution in [2.75, 3.05) is 13.1 Å². The van der Waals surface area contributed by atoms with E-state index >= 15 is 0 Å². The van der Waals surface area contributed by atoms with E-state index in [1.54, 1.807) is 18.2 Å². The highest BCUT2D eigenvalue weighted by Crippen LogP contribution is 2.44. The number of benzene rings is 1. The highest BCUT2D eigenvalue weighted by molar-refractivity contribution is 7.88. The van der Waals surface area contributed by atoms with E-state index in [4.69, 9.17) is 23.2 Å². The van der Waals surface area contributed by atoms with Gasteiger partial charge >= 0.3 is 0 Å². The minimum Gasteiger partial charge on any atom is -0.353 e. The standard InChI is InChI=1S/C20H26Cl2N2O3S/c21-17-4-1-5-18(22)16(17)12-28(26,27)24-8-2-3-15(11-24)20(25)23-19-10-13-6-7-14(19)9-13/h1,4-5,13-15,19H,2-3,6-12H2,(H,23,25)/t13-,14-,15-,19+/m1/s1. The fraction of sp³-hybridized carbons (Fsp3) is 0.650. The van der Waals surface area contributed by atoms with Crippen LogP contribution in [0, 0.1) is 17.8 Å². The highest BCUT2D eigenvalue weighted by Gasteiger charge is 2.41. The number of sulfonamides is 1. The van der Waals surface area contributed by atoms with Crippen LogP contribution in [0.3, 0.4) is 0 Å². The van der Waals surface area contributed by atoms with Gasteiger partial charge in [0.05, 0.1) is 11.7 Å². The van der Waals surface area contributed by atoms with Crippen LogP contribution in [0.1, 0.15) is 44.1 Å². The van der Waals surface area contributed by atoms with Gasteiger partial charge in [0.1, 0.15) is 0 Å². The lowest BCUT2D eigenvalue weighted by Gasteiger charge is -2.33. The number of piperidine rings is 1. The van der Waals surface area contributed by atoms with E-state index in [9.17, 15) is 13.2 Å². The van der Waals surface area contributed by atoms with Gasteiger partial charge in [0.15, 0.2) is 0 Å². The summed E-state index contributed by atoms with van der Waals surface area (Å²) in [5.74, 6) is 0.850. The number of nitrogens with one attached hydrogen (secondary N) is 1. The van der Waals surface area contributed by atoms with Gasteiger partial charge in [-0.3, -0.25) is 4.79 Å². The Balaban J connectivity index is 1.40. The van der Waals surface area contributed by atoms with Gasteiger partial charge in [0, 0.05) is 34.7 Å². The molecule has 154 valence electrons. The number of nitrogens with zero attached hydrogens (tertiary/aromatic N) is 1. The molecule has 1 aliphatic heterocycles. The molecular weight excluding hydrogens is 419 g/mol. The summed E-state index contributed by atoms with van der Waals surface area (Å²) in [5.41, 5.74) is 0.416. The van der Waals surface area contributed by atoms with Crippen molar-refractivity contribution in [2.45, 2.75) is 50.3 Å². The fourth-order valence-electron chi connectivity index (χ4n) is 5.08. The monoisotopic (exact) mass is 444 g/mol. The first-order valence-electron chi connectivity index (χ1n) is 10.0. The van der Waals surface area contributed by atoms with Gasteiger partial charge in [0.25, 0.3) is 0 Å². The molecule has 28 heavy (non-hydrogen) atoms. The van der Waals surface area contributed by atoms with Crippen LogP contribution in [0.5, 0.6) is 0 Å². The van der Waals surface area contributed by atoms with Gasteiger partial charge in [-0.1, -0.05) is 35.7 Å². The molecule has 2 aliphatic carbocycles. The van der Waals surface area contributed by atoms with Crippen LogP contribution in [0.4, 0.5) is 0 Å². The summed E-state index contributed by atoms with van der Waals surface area (Å²) >= 11 is 12.3. The van der Waals surface area contributed by atoms with Gasteiger partial charge in [-0.15, -0.1) is 0 Å². The third kappa shape index (κ3) is 4.20. The van der Waals surface area contributed by atoms with Crippen LogP contribution < -0.4 is 5.32 Å². The maximum absolute atomic E-state index is 13.0. The topological polar surface area (TPSA) is 66.5 Å². The highest BCUT2D eigenvalue weighted by atomic mass is 35.5. The minimum absolute atomic E-state index is 0.00762. The summed E-state index contributed by atoms with van der Waals surface area (Å²) in [7, 11) is -3.60. The molecule has 4 rings (SSSR count). The number of rotatable bonds is 5. The van der Waals surface area contributed by atoms with Crippen LogP contribution in [-0.4, -0.2) is 37.8 Å². The summed E-state index contributed by atoms with van der Waals surface area (Å²) in [5, 5.41) is 3.91. The van der Waals surface area contributed by atoms with Crippen LogP contribution in [0.25, 0.3) is 0 Å². The molecule has 1 N–H and O–H groups in total. The Kier molecular flexibility index (Phi) is 5.94.